The van der Waals surface area contributed by atoms with Gasteiger partial charge in [-0.15, -0.1) is 0 Å². The van der Waals surface area contributed by atoms with E-state index in [1.807, 2.05) is 38.6 Å². The second-order valence-electron chi connectivity index (χ2n) is 9.20. The highest BCUT2D eigenvalue weighted by atomic mass is 16.2. The van der Waals surface area contributed by atoms with Gasteiger partial charge in [-0.2, -0.15) is 0 Å². The topological polar surface area (TPSA) is 78.4 Å². The van der Waals surface area contributed by atoms with Crippen LogP contribution in [0.1, 0.15) is 38.5 Å². The number of amides is 2. The minimum atomic E-state index is -0.0481. The summed E-state index contributed by atoms with van der Waals surface area (Å²) in [7, 11) is 0. The van der Waals surface area contributed by atoms with Crippen molar-refractivity contribution in [3.63, 3.8) is 0 Å². The van der Waals surface area contributed by atoms with E-state index >= 15 is 0 Å². The zero-order valence-electron chi connectivity index (χ0n) is 17.4. The van der Waals surface area contributed by atoms with Crippen molar-refractivity contribution in [2.45, 2.75) is 45.1 Å². The molecule has 1 aliphatic heterocycles. The monoisotopic (exact) mass is 410 g/mol. The maximum Gasteiger partial charge on any atom is 0.326 e. The van der Waals surface area contributed by atoms with E-state index in [0.29, 0.717) is 38.6 Å². The van der Waals surface area contributed by atoms with E-state index in [0.717, 1.165) is 49.6 Å². The standard InChI is InChI=1S/C23H30N4O3/c28-21(25-11-13-26(14-12-25)22(29)18-9-10-18)17-7-5-16(6-8-17)15-27-20-4-2-1-3-19(20)24-23(27)30/h1-4,16-18H,5-15H2,(H,24,30)/t16-,17-. The molecule has 1 N–H and O–H groups in total. The molecule has 7 nitrogen and oxygen atoms in total. The van der Waals surface area contributed by atoms with Gasteiger partial charge in [0.15, 0.2) is 0 Å². The summed E-state index contributed by atoms with van der Waals surface area (Å²) in [6.07, 6.45) is 5.80. The Bertz CT molecular complexity index is 989. The zero-order valence-corrected chi connectivity index (χ0v) is 17.4. The van der Waals surface area contributed by atoms with Gasteiger partial charge in [-0.1, -0.05) is 12.1 Å². The maximum atomic E-state index is 13.0. The predicted octanol–water partition coefficient (Wildman–Crippen LogP) is 2.22. The third kappa shape index (κ3) is 3.77. The van der Waals surface area contributed by atoms with Crippen molar-refractivity contribution >= 4 is 22.8 Å². The quantitative estimate of drug-likeness (QED) is 0.840. The number of hydrogen-bond donors (Lipinski definition) is 1. The van der Waals surface area contributed by atoms with Crippen LogP contribution < -0.4 is 5.69 Å². The number of benzene rings is 1. The summed E-state index contributed by atoms with van der Waals surface area (Å²) < 4.78 is 1.85. The number of fused-ring (bicyclic) bond motifs is 1. The van der Waals surface area contributed by atoms with Gasteiger partial charge in [-0.05, 0) is 56.6 Å². The molecule has 160 valence electrons. The van der Waals surface area contributed by atoms with E-state index in [4.69, 9.17) is 0 Å². The van der Waals surface area contributed by atoms with E-state index in [9.17, 15) is 14.4 Å². The Hall–Kier alpha value is -2.57. The number of aromatic amines is 1. The Morgan fingerprint density at radius 1 is 0.833 bits per heavy atom. The van der Waals surface area contributed by atoms with Crippen LogP contribution >= 0.6 is 0 Å². The van der Waals surface area contributed by atoms with E-state index < -0.39 is 0 Å². The van der Waals surface area contributed by atoms with E-state index in [1.54, 1.807) is 0 Å². The van der Waals surface area contributed by atoms with Gasteiger partial charge in [-0.25, -0.2) is 4.79 Å². The van der Waals surface area contributed by atoms with Crippen LogP contribution in [-0.2, 0) is 16.1 Å². The summed E-state index contributed by atoms with van der Waals surface area (Å²) in [5.74, 6) is 1.32. The lowest BCUT2D eigenvalue weighted by molar-refractivity contribution is -0.143. The molecule has 2 aliphatic carbocycles. The number of H-pyrrole nitrogens is 1. The van der Waals surface area contributed by atoms with Crippen LogP contribution in [0.2, 0.25) is 0 Å². The molecule has 0 unspecified atom stereocenters. The molecule has 2 saturated carbocycles. The lowest BCUT2D eigenvalue weighted by Gasteiger charge is -2.38. The first kappa shape index (κ1) is 19.4. The number of hydrogen-bond acceptors (Lipinski definition) is 3. The molecular weight excluding hydrogens is 380 g/mol. The van der Waals surface area contributed by atoms with Gasteiger partial charge in [-0.3, -0.25) is 14.2 Å². The SMILES string of the molecule is O=C(C1CC1)N1CCN(C(=O)[C@H]2CC[C@H](Cn3c(=O)[nH]c4ccccc43)CC2)CC1. The molecule has 30 heavy (non-hydrogen) atoms. The maximum absolute atomic E-state index is 13.0. The number of imidazole rings is 1. The highest BCUT2D eigenvalue weighted by Gasteiger charge is 2.36. The average molecular weight is 411 g/mol. The molecule has 2 aromatic rings. The summed E-state index contributed by atoms with van der Waals surface area (Å²) in [5.41, 5.74) is 1.79. The minimum Gasteiger partial charge on any atom is -0.339 e. The number of piperazine rings is 1. The van der Waals surface area contributed by atoms with Crippen LogP contribution in [0.15, 0.2) is 29.1 Å². The lowest BCUT2D eigenvalue weighted by Crippen LogP contribution is -2.52. The number of carbonyl (C=O) groups excluding carboxylic acids is 2. The number of para-hydroxylation sites is 2. The highest BCUT2D eigenvalue weighted by molar-refractivity contribution is 5.82. The first-order chi connectivity index (χ1) is 14.6. The summed E-state index contributed by atoms with van der Waals surface area (Å²) >= 11 is 0. The third-order valence-corrected chi connectivity index (χ3v) is 7.15. The Morgan fingerprint density at radius 2 is 1.37 bits per heavy atom. The molecule has 0 spiro atoms. The average Bonchev–Trinajstić information content (AvgIpc) is 3.58. The third-order valence-electron chi connectivity index (χ3n) is 7.15. The first-order valence-corrected chi connectivity index (χ1v) is 11.4. The number of aromatic nitrogens is 2. The fraction of sp³-hybridized carbons (Fsp3) is 0.609. The summed E-state index contributed by atoms with van der Waals surface area (Å²) in [6, 6.07) is 7.80. The molecule has 3 fully saturated rings. The Kier molecular flexibility index (Phi) is 5.13. The largest absolute Gasteiger partial charge is 0.339 e. The number of rotatable bonds is 4. The van der Waals surface area contributed by atoms with Crippen LogP contribution in [0.25, 0.3) is 11.0 Å². The molecule has 1 saturated heterocycles. The fourth-order valence-corrected chi connectivity index (χ4v) is 5.13. The lowest BCUT2D eigenvalue weighted by atomic mass is 9.81. The van der Waals surface area contributed by atoms with Crippen molar-refractivity contribution in [3.8, 4) is 0 Å². The van der Waals surface area contributed by atoms with Gasteiger partial charge in [0.05, 0.1) is 11.0 Å². The van der Waals surface area contributed by atoms with Gasteiger partial charge < -0.3 is 14.8 Å². The zero-order chi connectivity index (χ0) is 20.7. The number of nitrogens with one attached hydrogen (secondary N) is 1. The van der Waals surface area contributed by atoms with E-state index in [1.165, 1.54) is 0 Å². The number of nitrogens with zero attached hydrogens (tertiary/aromatic N) is 3. The molecular formula is C23H30N4O3. The number of carbonyl (C=O) groups is 2. The van der Waals surface area contributed by atoms with Crippen LogP contribution in [0.5, 0.6) is 0 Å². The molecule has 0 radical (unpaired) electrons. The van der Waals surface area contributed by atoms with Gasteiger partial charge in [0, 0.05) is 44.6 Å². The fourth-order valence-electron chi connectivity index (χ4n) is 5.13. The predicted molar refractivity (Wildman–Crippen MR) is 114 cm³/mol. The second-order valence-corrected chi connectivity index (χ2v) is 9.20. The van der Waals surface area contributed by atoms with E-state index in [2.05, 4.69) is 4.98 Å². The summed E-state index contributed by atoms with van der Waals surface area (Å²) in [5, 5.41) is 0. The Labute approximate surface area is 176 Å². The Morgan fingerprint density at radius 3 is 1.93 bits per heavy atom. The van der Waals surface area contributed by atoms with E-state index in [-0.39, 0.29) is 29.3 Å². The van der Waals surface area contributed by atoms with Crippen molar-refractivity contribution in [1.82, 2.24) is 19.4 Å². The molecule has 0 atom stereocenters. The highest BCUT2D eigenvalue weighted by Crippen LogP contribution is 2.33. The van der Waals surface area contributed by atoms with Crippen LogP contribution in [0.4, 0.5) is 0 Å². The minimum absolute atomic E-state index is 0.0481. The molecule has 3 aliphatic rings. The second kappa shape index (κ2) is 7.93. The Balaban J connectivity index is 1.13. The molecule has 2 amide bonds. The first-order valence-electron chi connectivity index (χ1n) is 11.4. The van der Waals surface area contributed by atoms with Crippen molar-refractivity contribution in [2.75, 3.05) is 26.2 Å². The van der Waals surface area contributed by atoms with Crippen molar-refractivity contribution in [3.05, 3.63) is 34.7 Å². The van der Waals surface area contributed by atoms with Crippen molar-refractivity contribution in [1.29, 1.82) is 0 Å². The van der Waals surface area contributed by atoms with Crippen LogP contribution in [0, 0.1) is 17.8 Å². The summed E-state index contributed by atoms with van der Waals surface area (Å²) in [4.78, 5) is 44.4. The van der Waals surface area contributed by atoms with Gasteiger partial charge in [0.25, 0.3) is 0 Å². The smallest absolute Gasteiger partial charge is 0.326 e. The molecule has 2 heterocycles. The molecule has 0 bridgehead atoms. The van der Waals surface area contributed by atoms with Crippen LogP contribution in [0.3, 0.4) is 0 Å². The summed E-state index contributed by atoms with van der Waals surface area (Å²) in [6.45, 7) is 3.41. The molecule has 7 heteroatoms. The normalized spacial score (nSPS) is 24.9. The molecule has 1 aromatic carbocycles. The molecule has 1 aromatic heterocycles. The van der Waals surface area contributed by atoms with Crippen LogP contribution in [-0.4, -0.2) is 57.3 Å². The van der Waals surface area contributed by atoms with Gasteiger partial charge >= 0.3 is 5.69 Å². The molecule has 5 rings (SSSR count). The van der Waals surface area contributed by atoms with Crippen molar-refractivity contribution in [2.24, 2.45) is 17.8 Å². The van der Waals surface area contributed by atoms with Gasteiger partial charge in [0.2, 0.25) is 11.8 Å². The van der Waals surface area contributed by atoms with Gasteiger partial charge in [0.1, 0.15) is 0 Å². The van der Waals surface area contributed by atoms with Crippen molar-refractivity contribution < 1.29 is 9.59 Å².